The number of carbonyl (C=O) groups excluding carboxylic acids is 1. The van der Waals surface area contributed by atoms with E-state index in [1.54, 1.807) is 14.0 Å². The minimum absolute atomic E-state index is 0.173. The van der Waals surface area contributed by atoms with Crippen molar-refractivity contribution in [1.82, 2.24) is 0 Å². The molecule has 0 aliphatic carbocycles. The van der Waals surface area contributed by atoms with Gasteiger partial charge in [-0.1, -0.05) is 0 Å². The molecule has 7 heteroatoms. The van der Waals surface area contributed by atoms with Crippen LogP contribution in [0.2, 0.25) is 0 Å². The van der Waals surface area contributed by atoms with Gasteiger partial charge in [0.2, 0.25) is 11.5 Å². The Morgan fingerprint density at radius 2 is 1.95 bits per heavy atom. The van der Waals surface area contributed by atoms with Gasteiger partial charge in [-0.2, -0.15) is 0 Å². The number of carbonyl (C=O) groups is 1. The molecule has 0 radical (unpaired) electrons. The van der Waals surface area contributed by atoms with Crippen molar-refractivity contribution in [3.05, 3.63) is 12.3 Å². The third kappa shape index (κ3) is 11.2. The van der Waals surface area contributed by atoms with Gasteiger partial charge in [0.25, 0.3) is 0 Å². The van der Waals surface area contributed by atoms with Crippen molar-refractivity contribution in [3.63, 3.8) is 0 Å². The van der Waals surface area contributed by atoms with Crippen molar-refractivity contribution in [1.29, 1.82) is 0 Å². The number of ether oxygens (including phenoxy) is 5. The molecule has 0 amide bonds. The summed E-state index contributed by atoms with van der Waals surface area (Å²) in [7, 11) is 1.60. The molecule has 1 unspecified atom stereocenters. The highest BCUT2D eigenvalue weighted by atomic mass is 16.7. The Morgan fingerprint density at radius 1 is 1.24 bits per heavy atom. The Balaban J connectivity index is 3.87. The summed E-state index contributed by atoms with van der Waals surface area (Å²) in [6.45, 7) is 8.39. The molecule has 0 aliphatic rings. The number of aliphatic hydroxyl groups is 1. The Kier molecular flexibility index (Phi) is 10.9. The highest BCUT2D eigenvalue weighted by Gasteiger charge is 2.25. The van der Waals surface area contributed by atoms with Crippen molar-refractivity contribution >= 4 is 5.97 Å². The second-order valence-corrected chi connectivity index (χ2v) is 4.45. The van der Waals surface area contributed by atoms with Crippen LogP contribution in [0.4, 0.5) is 0 Å². The highest BCUT2D eigenvalue weighted by Crippen LogP contribution is 2.18. The standard InChI is InChI=1S/C14H26O7/c1-5-18-11-20-13(15)12(2)21-14(3,16)7-6-8-19-10-9-17-4/h16H,2,5-11H2,1,3-4H3. The zero-order valence-electron chi connectivity index (χ0n) is 13.1. The largest absolute Gasteiger partial charge is 0.456 e. The number of hydrogen-bond acceptors (Lipinski definition) is 7. The normalized spacial score (nSPS) is 13.5. The zero-order valence-corrected chi connectivity index (χ0v) is 13.1. The summed E-state index contributed by atoms with van der Waals surface area (Å²) in [5.74, 6) is -2.54. The van der Waals surface area contributed by atoms with Crippen molar-refractivity contribution < 1.29 is 33.6 Å². The third-order valence-electron chi connectivity index (χ3n) is 2.41. The first kappa shape index (κ1) is 19.9. The molecule has 0 bridgehead atoms. The Hall–Kier alpha value is -1.15. The molecule has 0 aromatic rings. The van der Waals surface area contributed by atoms with Gasteiger partial charge in [-0.15, -0.1) is 0 Å². The summed E-state index contributed by atoms with van der Waals surface area (Å²) in [4.78, 5) is 11.5. The van der Waals surface area contributed by atoms with Gasteiger partial charge in [0.1, 0.15) is 0 Å². The van der Waals surface area contributed by atoms with E-state index in [-0.39, 0.29) is 19.0 Å². The van der Waals surface area contributed by atoms with E-state index in [1.165, 1.54) is 6.92 Å². The lowest BCUT2D eigenvalue weighted by atomic mass is 10.2. The van der Waals surface area contributed by atoms with Crippen LogP contribution >= 0.6 is 0 Å². The van der Waals surface area contributed by atoms with Crippen LogP contribution in [0.25, 0.3) is 0 Å². The molecule has 0 spiro atoms. The molecular weight excluding hydrogens is 280 g/mol. The first-order valence-electron chi connectivity index (χ1n) is 6.84. The van der Waals surface area contributed by atoms with Crippen molar-refractivity contribution in [3.8, 4) is 0 Å². The second kappa shape index (κ2) is 11.5. The smallest absolute Gasteiger partial charge is 0.375 e. The fraction of sp³-hybridized carbons (Fsp3) is 0.786. The summed E-state index contributed by atoms with van der Waals surface area (Å²) < 4.78 is 24.8. The molecule has 0 aliphatic heterocycles. The van der Waals surface area contributed by atoms with Crippen LogP contribution in [-0.2, 0) is 28.5 Å². The molecule has 0 saturated heterocycles. The average molecular weight is 306 g/mol. The SMILES string of the molecule is C=C(OC(C)(O)CCCOCCOC)C(=O)OCOCC. The van der Waals surface area contributed by atoms with Crippen LogP contribution in [0.5, 0.6) is 0 Å². The molecule has 21 heavy (non-hydrogen) atoms. The number of hydrogen-bond donors (Lipinski definition) is 1. The highest BCUT2D eigenvalue weighted by molar-refractivity contribution is 5.85. The van der Waals surface area contributed by atoms with Crippen LogP contribution < -0.4 is 0 Å². The van der Waals surface area contributed by atoms with Crippen LogP contribution in [-0.4, -0.2) is 57.2 Å². The summed E-state index contributed by atoms with van der Waals surface area (Å²) in [5.41, 5.74) is 0. The van der Waals surface area contributed by atoms with Gasteiger partial charge < -0.3 is 28.8 Å². The summed E-state index contributed by atoms with van der Waals surface area (Å²) in [6.07, 6.45) is 0.857. The number of rotatable bonds is 13. The molecule has 7 nitrogen and oxygen atoms in total. The quantitative estimate of drug-likeness (QED) is 0.180. The van der Waals surface area contributed by atoms with E-state index in [0.717, 1.165) is 0 Å². The maximum Gasteiger partial charge on any atom is 0.375 e. The Bertz CT molecular complexity index is 302. The van der Waals surface area contributed by atoms with E-state index < -0.39 is 11.8 Å². The fourth-order valence-corrected chi connectivity index (χ4v) is 1.36. The summed E-state index contributed by atoms with van der Waals surface area (Å²) in [5, 5.41) is 10.0. The van der Waals surface area contributed by atoms with Crippen molar-refractivity contribution in [2.75, 3.05) is 40.3 Å². The van der Waals surface area contributed by atoms with E-state index in [9.17, 15) is 9.90 Å². The van der Waals surface area contributed by atoms with Crippen LogP contribution in [0.3, 0.4) is 0 Å². The minimum atomic E-state index is -1.51. The van der Waals surface area contributed by atoms with E-state index in [4.69, 9.17) is 23.7 Å². The Labute approximate surface area is 125 Å². The van der Waals surface area contributed by atoms with Gasteiger partial charge in [0, 0.05) is 33.7 Å². The monoisotopic (exact) mass is 306 g/mol. The molecule has 0 fully saturated rings. The molecule has 0 aromatic carbocycles. The van der Waals surface area contributed by atoms with Gasteiger partial charge in [-0.25, -0.2) is 4.79 Å². The molecule has 1 atom stereocenters. The summed E-state index contributed by atoms with van der Waals surface area (Å²) >= 11 is 0. The topological polar surface area (TPSA) is 83.5 Å². The van der Waals surface area contributed by atoms with Gasteiger partial charge in [-0.05, 0) is 19.9 Å². The average Bonchev–Trinajstić information content (AvgIpc) is 2.42. The van der Waals surface area contributed by atoms with E-state index in [0.29, 0.717) is 32.8 Å². The predicted molar refractivity (Wildman–Crippen MR) is 75.4 cm³/mol. The van der Waals surface area contributed by atoms with Crippen molar-refractivity contribution in [2.45, 2.75) is 32.5 Å². The summed E-state index contributed by atoms with van der Waals surface area (Å²) in [6, 6.07) is 0. The molecule has 124 valence electrons. The minimum Gasteiger partial charge on any atom is -0.456 e. The number of methoxy groups -OCH3 is 1. The van der Waals surface area contributed by atoms with Gasteiger partial charge >= 0.3 is 5.97 Å². The van der Waals surface area contributed by atoms with E-state index >= 15 is 0 Å². The zero-order chi connectivity index (χ0) is 16.1. The van der Waals surface area contributed by atoms with Gasteiger partial charge in [0.05, 0.1) is 13.2 Å². The van der Waals surface area contributed by atoms with Crippen LogP contribution in [0, 0.1) is 0 Å². The molecule has 1 N–H and O–H groups in total. The molecule has 0 saturated carbocycles. The molecule has 0 rings (SSSR count). The predicted octanol–water partition coefficient (Wildman–Crippen LogP) is 1.21. The maximum atomic E-state index is 11.5. The first-order valence-corrected chi connectivity index (χ1v) is 6.84. The molecular formula is C14H26O7. The second-order valence-electron chi connectivity index (χ2n) is 4.45. The lowest BCUT2D eigenvalue weighted by Crippen LogP contribution is -2.30. The van der Waals surface area contributed by atoms with Crippen molar-refractivity contribution in [2.24, 2.45) is 0 Å². The van der Waals surface area contributed by atoms with E-state index in [2.05, 4.69) is 6.58 Å². The number of esters is 1. The van der Waals surface area contributed by atoms with Gasteiger partial charge in [0.15, 0.2) is 6.79 Å². The Morgan fingerprint density at radius 3 is 2.57 bits per heavy atom. The lowest BCUT2D eigenvalue weighted by Gasteiger charge is -2.25. The first-order chi connectivity index (χ1) is 9.93. The maximum absolute atomic E-state index is 11.5. The van der Waals surface area contributed by atoms with Crippen LogP contribution in [0.15, 0.2) is 12.3 Å². The molecule has 0 aromatic heterocycles. The lowest BCUT2D eigenvalue weighted by molar-refractivity contribution is -0.188. The molecule has 0 heterocycles. The fourth-order valence-electron chi connectivity index (χ4n) is 1.36. The van der Waals surface area contributed by atoms with Crippen LogP contribution in [0.1, 0.15) is 26.7 Å². The van der Waals surface area contributed by atoms with E-state index in [1.807, 2.05) is 0 Å². The van der Waals surface area contributed by atoms with Gasteiger partial charge in [-0.3, -0.25) is 0 Å². The third-order valence-corrected chi connectivity index (χ3v) is 2.41.